The number of aryl methyl sites for hydroxylation is 3. The van der Waals surface area contributed by atoms with Gasteiger partial charge in [-0.05, 0) is 48.6 Å². The molecule has 0 aliphatic carbocycles. The van der Waals surface area contributed by atoms with Gasteiger partial charge in [0.05, 0.1) is 22.0 Å². The minimum Gasteiger partial charge on any atom is -0.275 e. The first-order chi connectivity index (χ1) is 9.99. The van der Waals surface area contributed by atoms with Gasteiger partial charge in [0, 0.05) is 5.56 Å². The summed E-state index contributed by atoms with van der Waals surface area (Å²) in [5.41, 5.74) is 5.21. The van der Waals surface area contributed by atoms with Crippen LogP contribution in [0.25, 0.3) is 11.3 Å². The Morgan fingerprint density at radius 3 is 2.19 bits per heavy atom. The SMILES string of the molecule is CCc1cccc(CC)c1-c1cc(Cl)c(C(=O)Cl)c(C)n1. The summed E-state index contributed by atoms with van der Waals surface area (Å²) in [6.45, 7) is 5.98. The first-order valence-corrected chi connectivity index (χ1v) is 7.73. The molecule has 0 fully saturated rings. The highest BCUT2D eigenvalue weighted by Crippen LogP contribution is 2.32. The molecule has 0 unspecified atom stereocenters. The molecule has 0 aliphatic rings. The molecule has 21 heavy (non-hydrogen) atoms. The van der Waals surface area contributed by atoms with Crippen molar-refractivity contribution in [2.45, 2.75) is 33.6 Å². The topological polar surface area (TPSA) is 30.0 Å². The molecule has 4 heteroatoms. The molecular weight excluding hydrogens is 305 g/mol. The Morgan fingerprint density at radius 1 is 1.19 bits per heavy atom. The van der Waals surface area contributed by atoms with Gasteiger partial charge in [0.2, 0.25) is 0 Å². The van der Waals surface area contributed by atoms with E-state index in [0.29, 0.717) is 10.7 Å². The van der Waals surface area contributed by atoms with Crippen LogP contribution >= 0.6 is 23.2 Å². The second-order valence-electron chi connectivity index (χ2n) is 4.88. The van der Waals surface area contributed by atoms with Crippen LogP contribution in [0.3, 0.4) is 0 Å². The Balaban J connectivity index is 2.71. The van der Waals surface area contributed by atoms with E-state index in [1.54, 1.807) is 13.0 Å². The van der Waals surface area contributed by atoms with Crippen molar-refractivity contribution < 1.29 is 4.79 Å². The zero-order valence-electron chi connectivity index (χ0n) is 12.3. The zero-order chi connectivity index (χ0) is 15.6. The third-order valence-corrected chi connectivity index (χ3v) is 4.09. The summed E-state index contributed by atoms with van der Waals surface area (Å²) in [5, 5.41) is -0.221. The molecular formula is C17H17Cl2NO. The van der Waals surface area contributed by atoms with Gasteiger partial charge in [-0.2, -0.15) is 0 Å². The Morgan fingerprint density at radius 2 is 1.76 bits per heavy atom. The fourth-order valence-corrected chi connectivity index (χ4v) is 3.18. The summed E-state index contributed by atoms with van der Waals surface area (Å²) >= 11 is 11.8. The van der Waals surface area contributed by atoms with E-state index < -0.39 is 5.24 Å². The molecule has 0 atom stereocenters. The van der Waals surface area contributed by atoms with Crippen molar-refractivity contribution in [2.75, 3.05) is 0 Å². The van der Waals surface area contributed by atoms with Gasteiger partial charge in [-0.15, -0.1) is 0 Å². The van der Waals surface area contributed by atoms with Gasteiger partial charge >= 0.3 is 0 Å². The second kappa shape index (κ2) is 6.59. The molecule has 0 saturated heterocycles. The van der Waals surface area contributed by atoms with Crippen molar-refractivity contribution in [3.05, 3.63) is 51.7 Å². The predicted molar refractivity (Wildman–Crippen MR) is 88.4 cm³/mol. The molecule has 0 aliphatic heterocycles. The van der Waals surface area contributed by atoms with Crippen molar-refractivity contribution in [1.82, 2.24) is 4.98 Å². The fraction of sp³-hybridized carbons (Fsp3) is 0.294. The van der Waals surface area contributed by atoms with Crippen molar-refractivity contribution in [1.29, 1.82) is 0 Å². The number of carbonyl (C=O) groups excluding carboxylic acids is 1. The molecule has 1 aromatic carbocycles. The predicted octanol–water partition coefficient (Wildman–Crippen LogP) is 5.21. The van der Waals surface area contributed by atoms with Gasteiger partial charge in [-0.3, -0.25) is 9.78 Å². The first kappa shape index (κ1) is 16.0. The van der Waals surface area contributed by atoms with Crippen LogP contribution in [-0.4, -0.2) is 10.2 Å². The number of pyridine rings is 1. The lowest BCUT2D eigenvalue weighted by Gasteiger charge is -2.14. The summed E-state index contributed by atoms with van der Waals surface area (Å²) in [6, 6.07) is 7.99. The Kier molecular flexibility index (Phi) is 5.02. The van der Waals surface area contributed by atoms with Crippen LogP contribution in [0.2, 0.25) is 5.02 Å². The third kappa shape index (κ3) is 3.12. The average molecular weight is 322 g/mol. The Labute approximate surface area is 135 Å². The van der Waals surface area contributed by atoms with E-state index in [-0.39, 0.29) is 5.56 Å². The van der Waals surface area contributed by atoms with Crippen molar-refractivity contribution in [3.63, 3.8) is 0 Å². The minimum absolute atomic E-state index is 0.286. The average Bonchev–Trinajstić information content (AvgIpc) is 2.44. The van der Waals surface area contributed by atoms with E-state index in [2.05, 4.69) is 37.0 Å². The summed E-state index contributed by atoms with van der Waals surface area (Å²) in [6.07, 6.45) is 1.83. The van der Waals surface area contributed by atoms with Gasteiger partial charge in [-0.1, -0.05) is 43.6 Å². The molecule has 2 rings (SSSR count). The number of hydrogen-bond donors (Lipinski definition) is 0. The van der Waals surface area contributed by atoms with Gasteiger partial charge in [-0.25, -0.2) is 0 Å². The molecule has 0 bridgehead atoms. The number of benzene rings is 1. The van der Waals surface area contributed by atoms with Crippen LogP contribution in [-0.2, 0) is 12.8 Å². The van der Waals surface area contributed by atoms with Crippen molar-refractivity contribution in [2.24, 2.45) is 0 Å². The summed E-state index contributed by atoms with van der Waals surface area (Å²) < 4.78 is 0. The minimum atomic E-state index is -0.573. The van der Waals surface area contributed by atoms with Crippen LogP contribution in [0.1, 0.15) is 41.0 Å². The van der Waals surface area contributed by atoms with Gasteiger partial charge in [0.25, 0.3) is 5.24 Å². The largest absolute Gasteiger partial charge is 0.275 e. The Bertz CT molecular complexity index is 650. The summed E-state index contributed by atoms with van der Waals surface area (Å²) in [4.78, 5) is 16.0. The van der Waals surface area contributed by atoms with E-state index in [1.165, 1.54) is 11.1 Å². The third-order valence-electron chi connectivity index (χ3n) is 3.60. The first-order valence-electron chi connectivity index (χ1n) is 6.97. The van der Waals surface area contributed by atoms with Crippen LogP contribution in [0.4, 0.5) is 0 Å². The highest BCUT2D eigenvalue weighted by molar-refractivity contribution is 6.69. The molecule has 110 valence electrons. The molecule has 1 heterocycles. The molecule has 2 nitrogen and oxygen atoms in total. The molecule has 0 saturated carbocycles. The molecule has 0 amide bonds. The van der Waals surface area contributed by atoms with Crippen LogP contribution in [0.5, 0.6) is 0 Å². The second-order valence-corrected chi connectivity index (χ2v) is 5.63. The number of aromatic nitrogens is 1. The highest BCUT2D eigenvalue weighted by atomic mass is 35.5. The molecule has 0 spiro atoms. The maximum atomic E-state index is 11.4. The van der Waals surface area contributed by atoms with E-state index in [0.717, 1.165) is 24.1 Å². The maximum Gasteiger partial charge on any atom is 0.255 e. The van der Waals surface area contributed by atoms with E-state index in [9.17, 15) is 4.79 Å². The van der Waals surface area contributed by atoms with E-state index in [1.807, 2.05) is 0 Å². The summed E-state index contributed by atoms with van der Waals surface area (Å²) in [5.74, 6) is 0. The van der Waals surface area contributed by atoms with Crippen LogP contribution in [0.15, 0.2) is 24.3 Å². The number of halogens is 2. The molecule has 1 aromatic heterocycles. The summed E-state index contributed by atoms with van der Waals surface area (Å²) in [7, 11) is 0. The normalized spacial score (nSPS) is 10.7. The molecule has 0 N–H and O–H groups in total. The lowest BCUT2D eigenvalue weighted by atomic mass is 9.94. The van der Waals surface area contributed by atoms with Crippen molar-refractivity contribution in [3.8, 4) is 11.3 Å². The lowest BCUT2D eigenvalue weighted by Crippen LogP contribution is -2.02. The monoisotopic (exact) mass is 321 g/mol. The fourth-order valence-electron chi connectivity index (χ4n) is 2.57. The lowest BCUT2D eigenvalue weighted by molar-refractivity contribution is 0.108. The van der Waals surface area contributed by atoms with Gasteiger partial charge in [0.1, 0.15) is 0 Å². The maximum absolute atomic E-state index is 11.4. The van der Waals surface area contributed by atoms with Crippen LogP contribution in [0, 0.1) is 6.92 Å². The highest BCUT2D eigenvalue weighted by Gasteiger charge is 2.17. The zero-order valence-corrected chi connectivity index (χ0v) is 13.8. The van der Waals surface area contributed by atoms with Gasteiger partial charge < -0.3 is 0 Å². The number of rotatable bonds is 4. The number of nitrogens with zero attached hydrogens (tertiary/aromatic N) is 1. The smallest absolute Gasteiger partial charge is 0.255 e. The standard InChI is InChI=1S/C17H17Cl2NO/c1-4-11-7-6-8-12(5-2)16(11)14-9-13(18)15(17(19)21)10(3)20-14/h6-9H,4-5H2,1-3H3. The molecule has 0 radical (unpaired) electrons. The number of carbonyl (C=O) groups is 1. The molecule has 2 aromatic rings. The van der Waals surface area contributed by atoms with E-state index in [4.69, 9.17) is 23.2 Å². The van der Waals surface area contributed by atoms with Gasteiger partial charge in [0.15, 0.2) is 0 Å². The van der Waals surface area contributed by atoms with E-state index >= 15 is 0 Å². The number of hydrogen-bond acceptors (Lipinski definition) is 2. The van der Waals surface area contributed by atoms with Crippen molar-refractivity contribution >= 4 is 28.4 Å². The van der Waals surface area contributed by atoms with Crippen LogP contribution < -0.4 is 0 Å². The quantitative estimate of drug-likeness (QED) is 0.723. The Hall–Kier alpha value is -1.38.